The van der Waals surface area contributed by atoms with Gasteiger partial charge < -0.3 is 9.47 Å². The minimum absolute atomic E-state index is 0.393. The quantitative estimate of drug-likeness (QED) is 0.734. The molecule has 4 heterocycles. The first-order valence-electron chi connectivity index (χ1n) is 8.74. The van der Waals surface area contributed by atoms with Gasteiger partial charge in [-0.05, 0) is 37.5 Å². The van der Waals surface area contributed by atoms with Crippen molar-refractivity contribution < 1.29 is 0 Å². The maximum absolute atomic E-state index is 4.66. The zero-order valence-corrected chi connectivity index (χ0v) is 14.4. The van der Waals surface area contributed by atoms with Crippen molar-refractivity contribution >= 4 is 5.95 Å². The van der Waals surface area contributed by atoms with E-state index in [1.165, 1.54) is 5.56 Å². The molecule has 4 rings (SSSR count). The van der Waals surface area contributed by atoms with Crippen LogP contribution in [0.3, 0.4) is 0 Å². The van der Waals surface area contributed by atoms with Crippen molar-refractivity contribution in [2.45, 2.75) is 32.2 Å². The summed E-state index contributed by atoms with van der Waals surface area (Å²) in [6, 6.07) is 6.01. The average Bonchev–Trinajstić information content (AvgIpc) is 3.11. The first-order valence-corrected chi connectivity index (χ1v) is 8.74. The van der Waals surface area contributed by atoms with E-state index < -0.39 is 0 Å². The van der Waals surface area contributed by atoms with Gasteiger partial charge in [-0.2, -0.15) is 0 Å². The highest BCUT2D eigenvalue weighted by molar-refractivity contribution is 5.32. The van der Waals surface area contributed by atoms with Crippen molar-refractivity contribution in [3.8, 4) is 0 Å². The van der Waals surface area contributed by atoms with Crippen LogP contribution in [0, 0.1) is 6.92 Å². The molecule has 1 atom stereocenters. The highest BCUT2D eigenvalue weighted by Crippen LogP contribution is 2.28. The first kappa shape index (κ1) is 15.7. The Labute approximate surface area is 147 Å². The van der Waals surface area contributed by atoms with Gasteiger partial charge in [0.1, 0.15) is 5.82 Å². The fourth-order valence-electron chi connectivity index (χ4n) is 3.46. The highest BCUT2D eigenvalue weighted by Gasteiger charge is 2.26. The molecule has 0 bridgehead atoms. The number of piperidine rings is 1. The molecule has 0 N–H and O–H groups in total. The Morgan fingerprint density at radius 2 is 2.12 bits per heavy atom. The third-order valence-corrected chi connectivity index (χ3v) is 4.67. The summed E-state index contributed by atoms with van der Waals surface area (Å²) < 4.78 is 2.24. The van der Waals surface area contributed by atoms with Gasteiger partial charge in [0.15, 0.2) is 0 Å². The number of hydrogen-bond donors (Lipinski definition) is 0. The number of pyridine rings is 1. The molecule has 0 aromatic carbocycles. The van der Waals surface area contributed by atoms with E-state index in [2.05, 4.69) is 41.7 Å². The molecule has 3 aromatic heterocycles. The molecule has 0 spiro atoms. The zero-order chi connectivity index (χ0) is 17.1. The summed E-state index contributed by atoms with van der Waals surface area (Å²) in [5.74, 6) is 2.36. The van der Waals surface area contributed by atoms with E-state index in [1.807, 2.05) is 37.6 Å². The second-order valence-electron chi connectivity index (χ2n) is 6.56. The number of aromatic nitrogens is 5. The van der Waals surface area contributed by atoms with E-state index in [9.17, 15) is 0 Å². The Hall–Kier alpha value is -2.76. The summed E-state index contributed by atoms with van der Waals surface area (Å²) in [5.41, 5.74) is 2.20. The maximum atomic E-state index is 4.66. The van der Waals surface area contributed by atoms with Gasteiger partial charge in [-0.3, -0.25) is 4.98 Å². The monoisotopic (exact) mass is 334 g/mol. The molecule has 128 valence electrons. The van der Waals surface area contributed by atoms with Crippen LogP contribution in [0.1, 0.15) is 35.8 Å². The first-order chi connectivity index (χ1) is 12.3. The van der Waals surface area contributed by atoms with E-state index in [4.69, 9.17) is 0 Å². The molecular weight excluding hydrogens is 312 g/mol. The largest absolute Gasteiger partial charge is 0.340 e. The zero-order valence-electron chi connectivity index (χ0n) is 14.4. The summed E-state index contributed by atoms with van der Waals surface area (Å²) in [6.07, 6.45) is 11.8. The van der Waals surface area contributed by atoms with Crippen molar-refractivity contribution in [2.75, 3.05) is 18.0 Å². The summed E-state index contributed by atoms with van der Waals surface area (Å²) in [7, 11) is 0. The van der Waals surface area contributed by atoms with Crippen LogP contribution in [-0.4, -0.2) is 37.6 Å². The van der Waals surface area contributed by atoms with Gasteiger partial charge in [-0.25, -0.2) is 15.0 Å². The number of anilines is 1. The lowest BCUT2D eigenvalue weighted by molar-refractivity contribution is 0.471. The number of imidazole rings is 1. The second kappa shape index (κ2) is 7.01. The molecule has 6 heteroatoms. The Kier molecular flexibility index (Phi) is 4.41. The number of rotatable bonds is 4. The second-order valence-corrected chi connectivity index (χ2v) is 6.56. The van der Waals surface area contributed by atoms with Gasteiger partial charge in [0.05, 0.1) is 6.54 Å². The van der Waals surface area contributed by atoms with Crippen molar-refractivity contribution in [3.63, 3.8) is 0 Å². The molecule has 0 aliphatic carbocycles. The van der Waals surface area contributed by atoms with E-state index in [0.29, 0.717) is 5.92 Å². The Morgan fingerprint density at radius 3 is 2.96 bits per heavy atom. The maximum Gasteiger partial charge on any atom is 0.225 e. The van der Waals surface area contributed by atoms with E-state index in [-0.39, 0.29) is 0 Å². The molecule has 1 saturated heterocycles. The van der Waals surface area contributed by atoms with Gasteiger partial charge in [0.25, 0.3) is 0 Å². The summed E-state index contributed by atoms with van der Waals surface area (Å²) in [5, 5.41) is 0. The average molecular weight is 334 g/mol. The van der Waals surface area contributed by atoms with Gasteiger partial charge in [-0.15, -0.1) is 0 Å². The third-order valence-electron chi connectivity index (χ3n) is 4.67. The van der Waals surface area contributed by atoms with Crippen molar-refractivity contribution in [2.24, 2.45) is 0 Å². The molecule has 0 radical (unpaired) electrons. The topological polar surface area (TPSA) is 59.7 Å². The van der Waals surface area contributed by atoms with Crippen LogP contribution in [-0.2, 0) is 6.54 Å². The molecule has 0 unspecified atom stereocenters. The molecular formula is C19H22N6. The normalized spacial score (nSPS) is 17.6. The van der Waals surface area contributed by atoms with Crippen molar-refractivity contribution in [3.05, 3.63) is 66.3 Å². The lowest BCUT2D eigenvalue weighted by Gasteiger charge is -2.32. The van der Waals surface area contributed by atoms with Crippen LogP contribution in [0.25, 0.3) is 0 Å². The van der Waals surface area contributed by atoms with Gasteiger partial charge in [-0.1, -0.05) is 6.07 Å². The van der Waals surface area contributed by atoms with Crippen LogP contribution in [0.15, 0.2) is 49.2 Å². The van der Waals surface area contributed by atoms with Crippen molar-refractivity contribution in [1.82, 2.24) is 24.5 Å². The standard InChI is InChI=1S/C19H22N6/c1-15-6-8-22-19(23-15)25-10-3-5-17(14-25)18-21-9-11-24(18)13-16-4-2-7-20-12-16/h2,4,6-9,11-12,17H,3,5,10,13-14H2,1H3/t17-/m0/s1. The number of nitrogens with zero attached hydrogens (tertiary/aromatic N) is 6. The molecule has 6 nitrogen and oxygen atoms in total. The van der Waals surface area contributed by atoms with Crippen LogP contribution < -0.4 is 4.90 Å². The van der Waals surface area contributed by atoms with E-state index in [1.54, 1.807) is 6.20 Å². The predicted molar refractivity (Wildman–Crippen MR) is 96.5 cm³/mol. The Morgan fingerprint density at radius 1 is 1.16 bits per heavy atom. The predicted octanol–water partition coefficient (Wildman–Crippen LogP) is 2.81. The molecule has 1 aliphatic heterocycles. The summed E-state index contributed by atoms with van der Waals surface area (Å²) in [6.45, 7) is 4.73. The Balaban J connectivity index is 1.53. The fourth-order valence-corrected chi connectivity index (χ4v) is 3.46. The van der Waals surface area contributed by atoms with Gasteiger partial charge in [0.2, 0.25) is 5.95 Å². The third kappa shape index (κ3) is 3.52. The van der Waals surface area contributed by atoms with E-state index in [0.717, 1.165) is 49.9 Å². The molecule has 3 aromatic rings. The minimum Gasteiger partial charge on any atom is -0.340 e. The molecule has 0 amide bonds. The van der Waals surface area contributed by atoms with Crippen LogP contribution in [0.2, 0.25) is 0 Å². The number of hydrogen-bond acceptors (Lipinski definition) is 5. The highest BCUT2D eigenvalue weighted by atomic mass is 15.3. The van der Waals surface area contributed by atoms with Crippen molar-refractivity contribution in [1.29, 1.82) is 0 Å². The van der Waals surface area contributed by atoms with Gasteiger partial charge >= 0.3 is 0 Å². The Bertz CT molecular complexity index is 829. The van der Waals surface area contributed by atoms with Crippen LogP contribution in [0.4, 0.5) is 5.95 Å². The summed E-state index contributed by atoms with van der Waals surface area (Å²) in [4.78, 5) is 20.2. The van der Waals surface area contributed by atoms with Gasteiger partial charge in [0, 0.05) is 55.7 Å². The molecule has 25 heavy (non-hydrogen) atoms. The van der Waals surface area contributed by atoms with E-state index >= 15 is 0 Å². The molecule has 1 fully saturated rings. The SMILES string of the molecule is Cc1ccnc(N2CCC[C@H](c3nccn3Cc3cccnc3)C2)n1. The van der Waals surface area contributed by atoms with Crippen LogP contribution in [0.5, 0.6) is 0 Å². The summed E-state index contributed by atoms with van der Waals surface area (Å²) >= 11 is 0. The lowest BCUT2D eigenvalue weighted by Crippen LogP contribution is -2.36. The molecule has 0 saturated carbocycles. The van der Waals surface area contributed by atoms with Crippen LogP contribution >= 0.6 is 0 Å². The smallest absolute Gasteiger partial charge is 0.225 e. The minimum atomic E-state index is 0.393. The lowest BCUT2D eigenvalue weighted by atomic mass is 9.97. The fraction of sp³-hybridized carbons (Fsp3) is 0.368. The molecule has 1 aliphatic rings. The number of aryl methyl sites for hydroxylation is 1.